The highest BCUT2D eigenvalue weighted by Gasteiger charge is 2.25. The van der Waals surface area contributed by atoms with Crippen LogP contribution in [0, 0.1) is 11.3 Å². The third kappa shape index (κ3) is 4.25. The SMILES string of the molecule is COc1ccc(-c2csc(C(C#N)C(=O)CCC3CCCO3)n2)cc1. The molecular formula is C19H20N2O3S. The van der Waals surface area contributed by atoms with Crippen molar-refractivity contribution in [2.45, 2.75) is 37.7 Å². The molecule has 0 N–H and O–H groups in total. The lowest BCUT2D eigenvalue weighted by atomic mass is 10.00. The molecule has 1 saturated heterocycles. The number of thiazole rings is 1. The third-order valence-electron chi connectivity index (χ3n) is 4.34. The third-order valence-corrected chi connectivity index (χ3v) is 5.25. The molecule has 0 aliphatic carbocycles. The number of methoxy groups -OCH3 is 1. The summed E-state index contributed by atoms with van der Waals surface area (Å²) in [6, 6.07) is 9.67. The minimum Gasteiger partial charge on any atom is -0.497 e. The van der Waals surface area contributed by atoms with Gasteiger partial charge in [-0.05, 0) is 43.5 Å². The summed E-state index contributed by atoms with van der Waals surface area (Å²) in [6.45, 7) is 0.776. The van der Waals surface area contributed by atoms with Crippen molar-refractivity contribution in [1.29, 1.82) is 5.26 Å². The first-order valence-electron chi connectivity index (χ1n) is 8.35. The van der Waals surface area contributed by atoms with Crippen molar-refractivity contribution >= 4 is 17.1 Å². The first kappa shape index (κ1) is 17.6. The molecule has 25 heavy (non-hydrogen) atoms. The Kier molecular flexibility index (Phi) is 5.79. The Hall–Kier alpha value is -2.23. The molecule has 1 fully saturated rings. The number of Topliss-reactive ketones (excluding diaryl/α,β-unsaturated/α-hetero) is 1. The van der Waals surface area contributed by atoms with Crippen molar-refractivity contribution in [2.24, 2.45) is 0 Å². The number of benzene rings is 1. The van der Waals surface area contributed by atoms with Gasteiger partial charge < -0.3 is 9.47 Å². The smallest absolute Gasteiger partial charge is 0.157 e. The molecule has 5 nitrogen and oxygen atoms in total. The molecule has 2 aromatic rings. The van der Waals surface area contributed by atoms with E-state index in [2.05, 4.69) is 11.1 Å². The van der Waals surface area contributed by atoms with Crippen LogP contribution in [0.4, 0.5) is 0 Å². The molecule has 2 heterocycles. The largest absolute Gasteiger partial charge is 0.497 e. The van der Waals surface area contributed by atoms with Gasteiger partial charge in [-0.15, -0.1) is 11.3 Å². The van der Waals surface area contributed by atoms with Crippen molar-refractivity contribution in [3.63, 3.8) is 0 Å². The van der Waals surface area contributed by atoms with Crippen LogP contribution in [-0.2, 0) is 9.53 Å². The van der Waals surface area contributed by atoms with Gasteiger partial charge >= 0.3 is 0 Å². The second kappa shape index (κ2) is 8.24. The first-order valence-corrected chi connectivity index (χ1v) is 9.23. The van der Waals surface area contributed by atoms with E-state index in [0.717, 1.165) is 36.5 Å². The second-order valence-corrected chi connectivity index (χ2v) is 6.89. The maximum absolute atomic E-state index is 12.4. The maximum Gasteiger partial charge on any atom is 0.157 e. The molecule has 6 heteroatoms. The number of carbonyl (C=O) groups is 1. The maximum atomic E-state index is 12.4. The Morgan fingerprint density at radius 2 is 2.28 bits per heavy atom. The van der Waals surface area contributed by atoms with Crippen molar-refractivity contribution < 1.29 is 14.3 Å². The summed E-state index contributed by atoms with van der Waals surface area (Å²) in [5.74, 6) is -0.0922. The average Bonchev–Trinajstić information content (AvgIpc) is 3.33. The van der Waals surface area contributed by atoms with Gasteiger partial charge in [-0.2, -0.15) is 5.26 Å². The summed E-state index contributed by atoms with van der Waals surface area (Å²) in [5, 5.41) is 11.9. The molecule has 0 bridgehead atoms. The highest BCUT2D eigenvalue weighted by molar-refractivity contribution is 7.10. The van der Waals surface area contributed by atoms with Gasteiger partial charge in [0.15, 0.2) is 11.7 Å². The van der Waals surface area contributed by atoms with Gasteiger partial charge in [0.25, 0.3) is 0 Å². The highest BCUT2D eigenvalue weighted by Crippen LogP contribution is 2.29. The molecule has 2 unspecified atom stereocenters. The van der Waals surface area contributed by atoms with Crippen molar-refractivity contribution in [1.82, 2.24) is 4.98 Å². The Labute approximate surface area is 151 Å². The minimum atomic E-state index is -0.793. The number of hydrogen-bond acceptors (Lipinski definition) is 6. The van der Waals surface area contributed by atoms with E-state index in [9.17, 15) is 10.1 Å². The molecule has 0 saturated carbocycles. The number of ether oxygens (including phenoxy) is 2. The lowest BCUT2D eigenvalue weighted by molar-refractivity contribution is -0.120. The van der Waals surface area contributed by atoms with Gasteiger partial charge in [0.05, 0.1) is 25.0 Å². The van der Waals surface area contributed by atoms with Gasteiger partial charge in [0.2, 0.25) is 0 Å². The molecule has 0 spiro atoms. The molecular weight excluding hydrogens is 336 g/mol. The summed E-state index contributed by atoms with van der Waals surface area (Å²) in [7, 11) is 1.62. The standard InChI is InChI=1S/C19H20N2O3S/c1-23-14-6-4-13(5-7-14)17-12-25-19(21-17)16(11-20)18(22)9-8-15-3-2-10-24-15/h4-7,12,15-16H,2-3,8-10H2,1H3. The van der Waals surface area contributed by atoms with Crippen molar-refractivity contribution in [3.8, 4) is 23.1 Å². The van der Waals surface area contributed by atoms with Crippen LogP contribution in [0.2, 0.25) is 0 Å². The molecule has 2 atom stereocenters. The number of hydrogen-bond donors (Lipinski definition) is 0. The molecule has 3 rings (SSSR count). The van der Waals surface area contributed by atoms with Crippen LogP contribution >= 0.6 is 11.3 Å². The number of aromatic nitrogens is 1. The number of ketones is 1. The Morgan fingerprint density at radius 1 is 1.48 bits per heavy atom. The number of carbonyl (C=O) groups excluding carboxylic acids is 1. The fraction of sp³-hybridized carbons (Fsp3) is 0.421. The fourth-order valence-corrected chi connectivity index (χ4v) is 3.79. The summed E-state index contributed by atoms with van der Waals surface area (Å²) in [6.07, 6.45) is 3.27. The molecule has 1 aliphatic rings. The molecule has 0 amide bonds. The van der Waals surface area contributed by atoms with E-state index >= 15 is 0 Å². The Bertz CT molecular complexity index is 758. The van der Waals surface area contributed by atoms with E-state index < -0.39 is 5.92 Å². The van der Waals surface area contributed by atoms with Crippen LogP contribution in [-0.4, -0.2) is 30.6 Å². The topological polar surface area (TPSA) is 72.2 Å². The zero-order valence-corrected chi connectivity index (χ0v) is 14.9. The number of nitriles is 1. The van der Waals surface area contributed by atoms with Crippen molar-refractivity contribution in [3.05, 3.63) is 34.7 Å². The zero-order valence-electron chi connectivity index (χ0n) is 14.1. The predicted octanol–water partition coefficient (Wildman–Crippen LogP) is 3.95. The number of nitrogens with zero attached hydrogens (tertiary/aromatic N) is 2. The van der Waals surface area contributed by atoms with E-state index in [0.29, 0.717) is 17.8 Å². The minimum absolute atomic E-state index is 0.0753. The zero-order chi connectivity index (χ0) is 17.6. The van der Waals surface area contributed by atoms with Crippen LogP contribution in [0.1, 0.15) is 36.6 Å². The van der Waals surface area contributed by atoms with Gasteiger partial charge in [-0.1, -0.05) is 0 Å². The summed E-state index contributed by atoms with van der Waals surface area (Å²) >= 11 is 1.36. The summed E-state index contributed by atoms with van der Waals surface area (Å²) in [5.41, 5.74) is 1.71. The predicted molar refractivity (Wildman–Crippen MR) is 95.7 cm³/mol. The highest BCUT2D eigenvalue weighted by atomic mass is 32.1. The lowest BCUT2D eigenvalue weighted by Crippen LogP contribution is -2.14. The van der Waals surface area contributed by atoms with Gasteiger partial charge in [-0.3, -0.25) is 4.79 Å². The van der Waals surface area contributed by atoms with Gasteiger partial charge in [-0.25, -0.2) is 4.98 Å². The lowest BCUT2D eigenvalue weighted by Gasteiger charge is -2.09. The normalized spacial score (nSPS) is 17.8. The molecule has 1 aliphatic heterocycles. The fourth-order valence-electron chi connectivity index (χ4n) is 2.90. The molecule has 1 aromatic heterocycles. The number of rotatable bonds is 7. The van der Waals surface area contributed by atoms with Crippen LogP contribution < -0.4 is 4.74 Å². The van der Waals surface area contributed by atoms with Crippen molar-refractivity contribution in [2.75, 3.05) is 13.7 Å². The van der Waals surface area contributed by atoms with Gasteiger partial charge in [0, 0.05) is 24.0 Å². The van der Waals surface area contributed by atoms with E-state index in [4.69, 9.17) is 9.47 Å². The van der Waals surface area contributed by atoms with E-state index in [1.165, 1.54) is 11.3 Å². The second-order valence-electron chi connectivity index (χ2n) is 6.00. The first-order chi connectivity index (χ1) is 12.2. The quantitative estimate of drug-likeness (QED) is 0.751. The summed E-state index contributed by atoms with van der Waals surface area (Å²) < 4.78 is 10.7. The Morgan fingerprint density at radius 3 is 2.92 bits per heavy atom. The van der Waals surface area contributed by atoms with Crippen LogP contribution in [0.25, 0.3) is 11.3 Å². The Balaban J connectivity index is 1.67. The van der Waals surface area contributed by atoms with Crippen LogP contribution in [0.15, 0.2) is 29.6 Å². The molecule has 1 aromatic carbocycles. The van der Waals surface area contributed by atoms with E-state index in [1.54, 1.807) is 7.11 Å². The molecule has 0 radical (unpaired) electrons. The van der Waals surface area contributed by atoms with Crippen LogP contribution in [0.5, 0.6) is 5.75 Å². The van der Waals surface area contributed by atoms with Gasteiger partial charge in [0.1, 0.15) is 10.8 Å². The van der Waals surface area contributed by atoms with Crippen LogP contribution in [0.3, 0.4) is 0 Å². The average molecular weight is 356 g/mol. The van der Waals surface area contributed by atoms with E-state index in [1.807, 2.05) is 29.6 Å². The monoisotopic (exact) mass is 356 g/mol. The summed E-state index contributed by atoms with van der Waals surface area (Å²) in [4.78, 5) is 16.9. The van der Waals surface area contributed by atoms with E-state index in [-0.39, 0.29) is 11.9 Å². The molecule has 130 valence electrons.